The Morgan fingerprint density at radius 3 is 3.17 bits per heavy atom. The molecule has 4 rings (SSSR count). The number of aromatic nitrogens is 4. The average Bonchev–Trinajstić information content (AvgIpc) is 3.12. The molecular weight excluding hydrogens is 290 g/mol. The molecule has 3 heterocycles. The third-order valence-corrected chi connectivity index (χ3v) is 4.52. The van der Waals surface area contributed by atoms with Gasteiger partial charge in [-0.2, -0.15) is 0 Å². The van der Waals surface area contributed by atoms with Gasteiger partial charge >= 0.3 is 0 Å². The number of fused-ring (bicyclic) bond motifs is 2. The minimum absolute atomic E-state index is 0.0638. The standard InChI is InChI=1S/C17H19N5O/c1-11-20-21-16-7-6-13(10-22(11)16)19-17(23)8-12-9-18-15-5-3-2-4-14(12)15/h2-5,9,13,18H,6-8,10H2,1H3,(H,19,23)/t13-/m1/s1. The van der Waals surface area contributed by atoms with Crippen LogP contribution in [0.2, 0.25) is 0 Å². The summed E-state index contributed by atoms with van der Waals surface area (Å²) in [6.45, 7) is 2.71. The molecule has 118 valence electrons. The number of H-pyrrole nitrogens is 1. The van der Waals surface area contributed by atoms with E-state index in [9.17, 15) is 4.79 Å². The van der Waals surface area contributed by atoms with E-state index in [0.29, 0.717) is 6.42 Å². The van der Waals surface area contributed by atoms with E-state index < -0.39 is 0 Å². The summed E-state index contributed by atoms with van der Waals surface area (Å²) in [5, 5.41) is 12.5. The maximum Gasteiger partial charge on any atom is 0.224 e. The van der Waals surface area contributed by atoms with E-state index >= 15 is 0 Å². The van der Waals surface area contributed by atoms with Crippen LogP contribution in [0.25, 0.3) is 10.9 Å². The zero-order valence-electron chi connectivity index (χ0n) is 13.0. The minimum atomic E-state index is 0.0638. The molecule has 1 aliphatic rings. The minimum Gasteiger partial charge on any atom is -0.361 e. The van der Waals surface area contributed by atoms with Crippen molar-refractivity contribution in [3.8, 4) is 0 Å². The van der Waals surface area contributed by atoms with E-state index in [1.54, 1.807) is 0 Å². The second-order valence-corrected chi connectivity index (χ2v) is 6.11. The summed E-state index contributed by atoms with van der Waals surface area (Å²) in [6.07, 6.45) is 4.10. The predicted octanol–water partition coefficient (Wildman–Crippen LogP) is 1.74. The van der Waals surface area contributed by atoms with Crippen molar-refractivity contribution in [1.82, 2.24) is 25.1 Å². The van der Waals surface area contributed by atoms with Gasteiger partial charge in [-0.25, -0.2) is 0 Å². The third-order valence-electron chi connectivity index (χ3n) is 4.52. The fourth-order valence-corrected chi connectivity index (χ4v) is 3.31. The van der Waals surface area contributed by atoms with E-state index in [1.807, 2.05) is 37.4 Å². The maximum absolute atomic E-state index is 12.4. The maximum atomic E-state index is 12.4. The largest absolute Gasteiger partial charge is 0.361 e. The molecule has 6 heteroatoms. The van der Waals surface area contributed by atoms with Gasteiger partial charge in [0.1, 0.15) is 11.6 Å². The Hall–Kier alpha value is -2.63. The zero-order chi connectivity index (χ0) is 15.8. The Morgan fingerprint density at radius 1 is 1.39 bits per heavy atom. The van der Waals surface area contributed by atoms with E-state index in [0.717, 1.165) is 47.5 Å². The number of hydrogen-bond donors (Lipinski definition) is 2. The highest BCUT2D eigenvalue weighted by molar-refractivity contribution is 5.88. The number of aryl methyl sites for hydroxylation is 2. The lowest BCUT2D eigenvalue weighted by Crippen LogP contribution is -2.41. The molecule has 0 fully saturated rings. The van der Waals surface area contributed by atoms with E-state index in [4.69, 9.17) is 0 Å². The molecule has 0 aliphatic carbocycles. The smallest absolute Gasteiger partial charge is 0.224 e. The van der Waals surface area contributed by atoms with E-state index in [1.165, 1.54) is 0 Å². The highest BCUT2D eigenvalue weighted by atomic mass is 16.1. The molecule has 1 aliphatic heterocycles. The molecule has 2 N–H and O–H groups in total. The number of nitrogens with one attached hydrogen (secondary N) is 2. The summed E-state index contributed by atoms with van der Waals surface area (Å²) in [7, 11) is 0. The number of amides is 1. The molecule has 0 saturated heterocycles. The van der Waals surface area contributed by atoms with Gasteiger partial charge in [-0.15, -0.1) is 10.2 Å². The third kappa shape index (κ3) is 2.60. The molecule has 1 aromatic carbocycles. The lowest BCUT2D eigenvalue weighted by Gasteiger charge is -2.24. The number of nitrogens with zero attached hydrogens (tertiary/aromatic N) is 3. The van der Waals surface area contributed by atoms with Crippen LogP contribution in [-0.4, -0.2) is 31.7 Å². The van der Waals surface area contributed by atoms with Crippen LogP contribution in [0.4, 0.5) is 0 Å². The molecule has 0 radical (unpaired) electrons. The quantitative estimate of drug-likeness (QED) is 0.774. The van der Waals surface area contributed by atoms with Crippen LogP contribution in [0.3, 0.4) is 0 Å². The fraction of sp³-hybridized carbons (Fsp3) is 0.353. The van der Waals surface area contributed by atoms with Crippen LogP contribution in [0, 0.1) is 6.92 Å². The second kappa shape index (κ2) is 5.53. The monoisotopic (exact) mass is 309 g/mol. The molecule has 3 aromatic rings. The lowest BCUT2D eigenvalue weighted by molar-refractivity contribution is -0.121. The van der Waals surface area contributed by atoms with Crippen molar-refractivity contribution in [2.75, 3.05) is 0 Å². The molecule has 1 atom stereocenters. The molecule has 0 saturated carbocycles. The van der Waals surface area contributed by atoms with Gasteiger partial charge in [0, 0.05) is 36.1 Å². The van der Waals surface area contributed by atoms with Crippen LogP contribution < -0.4 is 5.32 Å². The summed E-state index contributed by atoms with van der Waals surface area (Å²) in [5.41, 5.74) is 2.10. The molecule has 1 amide bonds. The van der Waals surface area contributed by atoms with Gasteiger partial charge in [0.25, 0.3) is 0 Å². The topological polar surface area (TPSA) is 75.6 Å². The van der Waals surface area contributed by atoms with Crippen LogP contribution in [0.5, 0.6) is 0 Å². The Bertz CT molecular complexity index is 863. The number of carbonyl (C=O) groups excluding carboxylic acids is 1. The van der Waals surface area contributed by atoms with Gasteiger partial charge in [-0.1, -0.05) is 18.2 Å². The highest BCUT2D eigenvalue weighted by Crippen LogP contribution is 2.19. The number of rotatable bonds is 3. The summed E-state index contributed by atoms with van der Waals surface area (Å²) in [5.74, 6) is 1.99. The van der Waals surface area contributed by atoms with Crippen LogP contribution in [0.15, 0.2) is 30.5 Å². The first kappa shape index (κ1) is 14.0. The number of benzene rings is 1. The molecule has 23 heavy (non-hydrogen) atoms. The molecule has 2 aromatic heterocycles. The average molecular weight is 309 g/mol. The molecule has 0 unspecified atom stereocenters. The normalized spacial score (nSPS) is 17.2. The summed E-state index contributed by atoms with van der Waals surface area (Å²) < 4.78 is 2.10. The van der Waals surface area contributed by atoms with Crippen molar-refractivity contribution in [3.05, 3.63) is 47.7 Å². The number of aromatic amines is 1. The highest BCUT2D eigenvalue weighted by Gasteiger charge is 2.23. The van der Waals surface area contributed by atoms with Gasteiger partial charge in [0.2, 0.25) is 5.91 Å². The van der Waals surface area contributed by atoms with Gasteiger partial charge in [0.05, 0.1) is 6.42 Å². The zero-order valence-corrected chi connectivity index (χ0v) is 13.0. The molecule has 0 bridgehead atoms. The summed E-state index contributed by atoms with van der Waals surface area (Å²) in [6, 6.07) is 8.20. The number of hydrogen-bond acceptors (Lipinski definition) is 3. The summed E-state index contributed by atoms with van der Waals surface area (Å²) in [4.78, 5) is 15.6. The second-order valence-electron chi connectivity index (χ2n) is 6.11. The van der Waals surface area contributed by atoms with Crippen molar-refractivity contribution in [2.45, 2.75) is 38.8 Å². The van der Waals surface area contributed by atoms with E-state index in [2.05, 4.69) is 25.1 Å². The van der Waals surface area contributed by atoms with Gasteiger partial charge in [-0.3, -0.25) is 4.79 Å². The number of carbonyl (C=O) groups is 1. The summed E-state index contributed by atoms with van der Waals surface area (Å²) >= 11 is 0. The molecular formula is C17H19N5O. The Morgan fingerprint density at radius 2 is 2.26 bits per heavy atom. The fourth-order valence-electron chi connectivity index (χ4n) is 3.31. The Labute approximate surface area is 133 Å². The lowest BCUT2D eigenvalue weighted by atomic mass is 10.1. The Kier molecular flexibility index (Phi) is 3.37. The van der Waals surface area contributed by atoms with Crippen molar-refractivity contribution in [1.29, 1.82) is 0 Å². The van der Waals surface area contributed by atoms with Crippen molar-refractivity contribution in [2.24, 2.45) is 0 Å². The van der Waals surface area contributed by atoms with E-state index in [-0.39, 0.29) is 11.9 Å². The molecule has 6 nitrogen and oxygen atoms in total. The van der Waals surface area contributed by atoms with Crippen LogP contribution >= 0.6 is 0 Å². The first-order valence-electron chi connectivity index (χ1n) is 7.94. The molecule has 0 spiro atoms. The first-order chi connectivity index (χ1) is 11.2. The van der Waals surface area contributed by atoms with Gasteiger partial charge in [0.15, 0.2) is 0 Å². The van der Waals surface area contributed by atoms with Gasteiger partial charge in [-0.05, 0) is 25.0 Å². The number of para-hydroxylation sites is 1. The first-order valence-corrected chi connectivity index (χ1v) is 7.94. The van der Waals surface area contributed by atoms with Crippen molar-refractivity contribution < 1.29 is 4.79 Å². The Balaban J connectivity index is 1.44. The van der Waals surface area contributed by atoms with Crippen molar-refractivity contribution >= 4 is 16.8 Å². The van der Waals surface area contributed by atoms with Crippen LogP contribution in [-0.2, 0) is 24.2 Å². The van der Waals surface area contributed by atoms with Gasteiger partial charge < -0.3 is 14.9 Å². The SMILES string of the molecule is Cc1nnc2n1C[C@H](NC(=O)Cc1c[nH]c3ccccc13)CC2. The van der Waals surface area contributed by atoms with Crippen LogP contribution in [0.1, 0.15) is 23.6 Å². The van der Waals surface area contributed by atoms with Crippen molar-refractivity contribution in [3.63, 3.8) is 0 Å². The predicted molar refractivity (Wildman–Crippen MR) is 87.0 cm³/mol.